The van der Waals surface area contributed by atoms with Gasteiger partial charge < -0.3 is 10.1 Å². The molecule has 0 bridgehead atoms. The summed E-state index contributed by atoms with van der Waals surface area (Å²) >= 11 is 3.46. The number of hydrogen-bond acceptors (Lipinski definition) is 3. The zero-order chi connectivity index (χ0) is 20.6. The number of aryl methyl sites for hydroxylation is 1. The van der Waals surface area contributed by atoms with Gasteiger partial charge in [-0.25, -0.2) is 14.6 Å². The van der Waals surface area contributed by atoms with E-state index in [9.17, 15) is 9.18 Å². The molecule has 2 N–H and O–H groups in total. The van der Waals surface area contributed by atoms with E-state index in [1.807, 2.05) is 43.3 Å². The minimum atomic E-state index is -0.422. The van der Waals surface area contributed by atoms with Gasteiger partial charge in [0.15, 0.2) is 0 Å². The van der Waals surface area contributed by atoms with Crippen LogP contribution < -0.4 is 15.5 Å². The average Bonchev–Trinajstić information content (AvgIpc) is 2.70. The van der Waals surface area contributed by atoms with Crippen LogP contribution in [0.3, 0.4) is 0 Å². The van der Waals surface area contributed by atoms with Crippen LogP contribution in [0.2, 0.25) is 0 Å². The predicted molar refractivity (Wildman–Crippen MR) is 116 cm³/mol. The van der Waals surface area contributed by atoms with Gasteiger partial charge >= 0.3 is 6.03 Å². The number of benzene rings is 3. The van der Waals surface area contributed by atoms with E-state index >= 15 is 0 Å². The molecule has 0 aromatic heterocycles. The third-order valence-electron chi connectivity index (χ3n) is 4.04. The van der Waals surface area contributed by atoms with Crippen LogP contribution in [0.4, 0.5) is 14.9 Å². The molecule has 0 aliphatic carbocycles. The van der Waals surface area contributed by atoms with Gasteiger partial charge in [-0.05, 0) is 75.9 Å². The Hall–Kier alpha value is -3.19. The number of hydrazone groups is 1. The van der Waals surface area contributed by atoms with Crippen molar-refractivity contribution in [2.75, 3.05) is 5.32 Å². The summed E-state index contributed by atoms with van der Waals surface area (Å²) in [5, 5.41) is 6.69. The second kappa shape index (κ2) is 9.84. The van der Waals surface area contributed by atoms with Gasteiger partial charge in [0.2, 0.25) is 0 Å². The second-order valence-corrected chi connectivity index (χ2v) is 7.10. The lowest BCUT2D eigenvalue weighted by Crippen LogP contribution is -2.24. The van der Waals surface area contributed by atoms with E-state index in [1.165, 1.54) is 18.3 Å². The first-order chi connectivity index (χ1) is 14.0. The van der Waals surface area contributed by atoms with Gasteiger partial charge in [-0.1, -0.05) is 30.3 Å². The molecule has 0 fully saturated rings. The number of ether oxygens (including phenoxy) is 1. The Bertz CT molecular complexity index is 1020. The van der Waals surface area contributed by atoms with Crippen molar-refractivity contribution in [3.63, 3.8) is 0 Å². The maximum atomic E-state index is 12.9. The fraction of sp³-hybridized carbons (Fsp3) is 0.0909. The van der Waals surface area contributed by atoms with E-state index in [0.717, 1.165) is 26.9 Å². The van der Waals surface area contributed by atoms with Gasteiger partial charge in [-0.2, -0.15) is 5.10 Å². The number of carbonyl (C=O) groups excluding carboxylic acids is 1. The lowest BCUT2D eigenvalue weighted by molar-refractivity contribution is 0.252. The first kappa shape index (κ1) is 20.5. The van der Waals surface area contributed by atoms with Crippen LogP contribution in [-0.4, -0.2) is 12.2 Å². The zero-order valence-electron chi connectivity index (χ0n) is 15.7. The number of hydrogen-bond donors (Lipinski definition) is 2. The normalized spacial score (nSPS) is 10.7. The number of rotatable bonds is 6. The number of halogens is 2. The molecule has 0 aliphatic heterocycles. The third-order valence-corrected chi connectivity index (χ3v) is 4.66. The number of para-hydroxylation sites is 1. The summed E-state index contributed by atoms with van der Waals surface area (Å²) < 4.78 is 19.4. The molecule has 3 rings (SSSR count). The monoisotopic (exact) mass is 455 g/mol. The van der Waals surface area contributed by atoms with E-state index < -0.39 is 6.03 Å². The quantitative estimate of drug-likeness (QED) is 0.373. The summed E-state index contributed by atoms with van der Waals surface area (Å²) in [5.74, 6) is 0.372. The zero-order valence-corrected chi connectivity index (χ0v) is 17.2. The first-order valence-electron chi connectivity index (χ1n) is 8.84. The van der Waals surface area contributed by atoms with Gasteiger partial charge in [0, 0.05) is 5.69 Å². The summed E-state index contributed by atoms with van der Waals surface area (Å²) in [6, 6.07) is 18.7. The fourth-order valence-corrected chi connectivity index (χ4v) is 3.00. The van der Waals surface area contributed by atoms with E-state index in [4.69, 9.17) is 4.74 Å². The van der Waals surface area contributed by atoms with Gasteiger partial charge in [-0.15, -0.1) is 0 Å². The first-order valence-corrected chi connectivity index (χ1v) is 9.63. The molecule has 0 saturated heterocycles. The summed E-state index contributed by atoms with van der Waals surface area (Å²) in [5.41, 5.74) is 5.77. The molecule has 148 valence electrons. The Morgan fingerprint density at radius 1 is 1.14 bits per heavy atom. The molecule has 7 heteroatoms. The van der Waals surface area contributed by atoms with E-state index in [1.54, 1.807) is 18.2 Å². The van der Waals surface area contributed by atoms with Gasteiger partial charge in [-0.3, -0.25) is 0 Å². The number of amides is 2. The maximum Gasteiger partial charge on any atom is 0.339 e. The Balaban J connectivity index is 1.53. The van der Waals surface area contributed by atoms with Crippen LogP contribution >= 0.6 is 15.9 Å². The minimum absolute atomic E-state index is 0.278. The van der Waals surface area contributed by atoms with Crippen molar-refractivity contribution in [1.29, 1.82) is 0 Å². The number of nitrogens with zero attached hydrogens (tertiary/aromatic N) is 1. The highest BCUT2D eigenvalue weighted by molar-refractivity contribution is 9.10. The van der Waals surface area contributed by atoms with Crippen molar-refractivity contribution in [3.8, 4) is 5.75 Å². The van der Waals surface area contributed by atoms with E-state index in [2.05, 4.69) is 31.8 Å². The number of anilines is 1. The van der Waals surface area contributed by atoms with Crippen molar-refractivity contribution in [1.82, 2.24) is 5.43 Å². The second-order valence-electron chi connectivity index (χ2n) is 6.24. The molecule has 0 spiro atoms. The fourth-order valence-electron chi connectivity index (χ4n) is 2.49. The number of urea groups is 1. The molecule has 3 aromatic carbocycles. The average molecular weight is 456 g/mol. The summed E-state index contributed by atoms with van der Waals surface area (Å²) in [7, 11) is 0. The summed E-state index contributed by atoms with van der Waals surface area (Å²) in [6.07, 6.45) is 1.53. The SMILES string of the molecule is Cc1ccccc1NC(=O)NN=Cc1ccc(OCc2ccc(F)cc2)c(Br)c1. The minimum Gasteiger partial charge on any atom is -0.488 e. The van der Waals surface area contributed by atoms with Crippen molar-refractivity contribution < 1.29 is 13.9 Å². The van der Waals surface area contributed by atoms with Gasteiger partial charge in [0.05, 0.1) is 10.7 Å². The lowest BCUT2D eigenvalue weighted by atomic mass is 10.2. The van der Waals surface area contributed by atoms with Crippen molar-refractivity contribution in [2.24, 2.45) is 5.10 Å². The van der Waals surface area contributed by atoms with Crippen LogP contribution in [0.1, 0.15) is 16.7 Å². The van der Waals surface area contributed by atoms with E-state index in [-0.39, 0.29) is 5.82 Å². The summed E-state index contributed by atoms with van der Waals surface area (Å²) in [4.78, 5) is 11.9. The van der Waals surface area contributed by atoms with Gasteiger partial charge in [0.1, 0.15) is 18.2 Å². The highest BCUT2D eigenvalue weighted by atomic mass is 79.9. The highest BCUT2D eigenvalue weighted by Gasteiger charge is 2.04. The van der Waals surface area contributed by atoms with Crippen LogP contribution in [-0.2, 0) is 6.61 Å². The third kappa shape index (κ3) is 6.15. The Morgan fingerprint density at radius 2 is 1.90 bits per heavy atom. The molecular formula is C22H19BrFN3O2. The van der Waals surface area contributed by atoms with Crippen molar-refractivity contribution in [2.45, 2.75) is 13.5 Å². The van der Waals surface area contributed by atoms with Crippen LogP contribution in [0.5, 0.6) is 5.75 Å². The van der Waals surface area contributed by atoms with Crippen LogP contribution in [0.15, 0.2) is 76.3 Å². The van der Waals surface area contributed by atoms with E-state index in [0.29, 0.717) is 12.4 Å². The molecule has 0 saturated carbocycles. The van der Waals surface area contributed by atoms with Crippen molar-refractivity contribution in [3.05, 3.63) is 93.7 Å². The maximum absolute atomic E-state index is 12.9. The molecule has 0 aliphatic rings. The van der Waals surface area contributed by atoms with Crippen LogP contribution in [0, 0.1) is 12.7 Å². The molecule has 3 aromatic rings. The summed E-state index contributed by atoms with van der Waals surface area (Å²) in [6.45, 7) is 2.24. The predicted octanol–water partition coefficient (Wildman–Crippen LogP) is 5.63. The Kier molecular flexibility index (Phi) is 6.97. The highest BCUT2D eigenvalue weighted by Crippen LogP contribution is 2.26. The molecule has 0 heterocycles. The Morgan fingerprint density at radius 3 is 2.62 bits per heavy atom. The molecule has 2 amide bonds. The lowest BCUT2D eigenvalue weighted by Gasteiger charge is -2.09. The standard InChI is InChI=1S/C22H19BrFN3O2/c1-15-4-2-3-5-20(15)26-22(28)27-25-13-17-8-11-21(19(23)12-17)29-14-16-6-9-18(24)10-7-16/h2-13H,14H2,1H3,(H2,26,27,28). The molecule has 0 unspecified atom stereocenters. The largest absolute Gasteiger partial charge is 0.488 e. The Labute approximate surface area is 176 Å². The molecule has 5 nitrogen and oxygen atoms in total. The number of nitrogens with one attached hydrogen (secondary N) is 2. The van der Waals surface area contributed by atoms with Crippen molar-refractivity contribution >= 4 is 33.9 Å². The van der Waals surface area contributed by atoms with Gasteiger partial charge in [0.25, 0.3) is 0 Å². The molecule has 0 radical (unpaired) electrons. The molecule has 0 atom stereocenters. The topological polar surface area (TPSA) is 62.7 Å². The number of carbonyl (C=O) groups is 1. The molecular weight excluding hydrogens is 437 g/mol. The molecule has 29 heavy (non-hydrogen) atoms. The van der Waals surface area contributed by atoms with Crippen LogP contribution in [0.25, 0.3) is 0 Å². The smallest absolute Gasteiger partial charge is 0.339 e.